The maximum absolute atomic E-state index is 6.09. The van der Waals surface area contributed by atoms with E-state index in [9.17, 15) is 0 Å². The highest BCUT2D eigenvalue weighted by Gasteiger charge is 2.10. The number of aromatic nitrogens is 1. The summed E-state index contributed by atoms with van der Waals surface area (Å²) in [4.78, 5) is 4.37. The highest BCUT2D eigenvalue weighted by atomic mass is 35.5. The van der Waals surface area contributed by atoms with Crippen LogP contribution in [0, 0.1) is 20.8 Å². The number of rotatable bonds is 1. The Morgan fingerprint density at radius 2 is 1.76 bits per heavy atom. The fraction of sp³-hybridized carbons (Fsp3) is 0.214. The predicted octanol–water partition coefficient (Wildman–Crippen LogP) is 3.91. The van der Waals surface area contributed by atoms with Crippen molar-refractivity contribution in [1.29, 1.82) is 0 Å². The van der Waals surface area contributed by atoms with E-state index in [0.29, 0.717) is 0 Å². The molecule has 0 spiro atoms. The van der Waals surface area contributed by atoms with Crippen molar-refractivity contribution in [2.45, 2.75) is 20.8 Å². The lowest BCUT2D eigenvalue weighted by Gasteiger charge is -2.11. The summed E-state index contributed by atoms with van der Waals surface area (Å²) in [6, 6.07) is 5.91. The molecule has 0 unspecified atom stereocenters. The summed E-state index contributed by atoms with van der Waals surface area (Å²) in [7, 11) is 0. The van der Waals surface area contributed by atoms with Crippen molar-refractivity contribution in [1.82, 2.24) is 4.98 Å². The van der Waals surface area contributed by atoms with Crippen molar-refractivity contribution in [2.75, 3.05) is 5.73 Å². The van der Waals surface area contributed by atoms with E-state index < -0.39 is 0 Å². The van der Waals surface area contributed by atoms with Crippen molar-refractivity contribution in [2.24, 2.45) is 0 Å². The average molecular weight is 247 g/mol. The van der Waals surface area contributed by atoms with Crippen LogP contribution in [0.15, 0.2) is 24.4 Å². The molecule has 0 aliphatic carbocycles. The van der Waals surface area contributed by atoms with Crippen LogP contribution < -0.4 is 5.73 Å². The van der Waals surface area contributed by atoms with Crippen LogP contribution in [0.25, 0.3) is 11.3 Å². The summed E-state index contributed by atoms with van der Waals surface area (Å²) in [6.07, 6.45) is 1.78. The fourth-order valence-corrected chi connectivity index (χ4v) is 2.04. The number of nitrogens with zero attached hydrogens (tertiary/aromatic N) is 1. The standard InChI is InChI=1S/C14H15ClN2/c1-8-4-5-17-14(13(8)16)11-6-10(3)12(15)7-9(11)2/h4-7H,16H2,1-3H3. The number of nitrogens with two attached hydrogens (primary N) is 1. The maximum atomic E-state index is 6.09. The summed E-state index contributed by atoms with van der Waals surface area (Å²) in [6.45, 7) is 5.99. The van der Waals surface area contributed by atoms with Crippen molar-refractivity contribution in [3.8, 4) is 11.3 Å². The minimum atomic E-state index is 0.734. The Morgan fingerprint density at radius 3 is 2.47 bits per heavy atom. The Balaban J connectivity index is 2.69. The largest absolute Gasteiger partial charge is 0.397 e. The molecule has 0 amide bonds. The molecule has 2 N–H and O–H groups in total. The van der Waals surface area contributed by atoms with E-state index in [2.05, 4.69) is 4.98 Å². The number of anilines is 1. The molecule has 0 fully saturated rings. The quantitative estimate of drug-likeness (QED) is 0.829. The molecule has 17 heavy (non-hydrogen) atoms. The first-order valence-electron chi connectivity index (χ1n) is 5.49. The minimum absolute atomic E-state index is 0.734. The van der Waals surface area contributed by atoms with E-state index in [1.54, 1.807) is 6.20 Å². The molecule has 0 aliphatic heterocycles. The second kappa shape index (κ2) is 4.38. The molecule has 0 saturated carbocycles. The van der Waals surface area contributed by atoms with Crippen LogP contribution in [-0.4, -0.2) is 4.98 Å². The molecule has 2 aromatic rings. The molecule has 0 radical (unpaired) electrons. The van der Waals surface area contributed by atoms with Crippen LogP contribution in [-0.2, 0) is 0 Å². The van der Waals surface area contributed by atoms with E-state index in [1.165, 1.54) is 0 Å². The van der Waals surface area contributed by atoms with Crippen LogP contribution in [0.2, 0.25) is 5.02 Å². The summed E-state index contributed by atoms with van der Waals surface area (Å²) in [5.41, 5.74) is 11.9. The number of aryl methyl sites for hydroxylation is 3. The number of hydrogen-bond acceptors (Lipinski definition) is 2. The summed E-state index contributed by atoms with van der Waals surface area (Å²) in [5, 5.41) is 0.775. The number of pyridine rings is 1. The van der Waals surface area contributed by atoms with Gasteiger partial charge < -0.3 is 5.73 Å². The van der Waals surface area contributed by atoms with Crippen LogP contribution in [0.1, 0.15) is 16.7 Å². The van der Waals surface area contributed by atoms with Crippen molar-refractivity contribution < 1.29 is 0 Å². The highest BCUT2D eigenvalue weighted by molar-refractivity contribution is 6.31. The molecule has 0 saturated heterocycles. The Labute approximate surface area is 106 Å². The van der Waals surface area contributed by atoms with Gasteiger partial charge in [-0.1, -0.05) is 11.6 Å². The molecule has 1 aromatic carbocycles. The summed E-state index contributed by atoms with van der Waals surface area (Å²) < 4.78 is 0. The molecule has 88 valence electrons. The van der Waals surface area contributed by atoms with Gasteiger partial charge in [0.1, 0.15) is 0 Å². The van der Waals surface area contributed by atoms with Crippen molar-refractivity contribution in [3.63, 3.8) is 0 Å². The monoisotopic (exact) mass is 246 g/mol. The molecule has 1 aromatic heterocycles. The van der Waals surface area contributed by atoms with Gasteiger partial charge in [-0.2, -0.15) is 0 Å². The highest BCUT2D eigenvalue weighted by Crippen LogP contribution is 2.31. The SMILES string of the molecule is Cc1cc(-c2nccc(C)c2N)c(C)cc1Cl. The molecule has 0 atom stereocenters. The Kier molecular flexibility index (Phi) is 3.07. The number of hydrogen-bond donors (Lipinski definition) is 1. The van der Waals surface area contributed by atoms with E-state index in [4.69, 9.17) is 17.3 Å². The molecular formula is C14H15ClN2. The first-order chi connectivity index (χ1) is 8.00. The average Bonchev–Trinajstić information content (AvgIpc) is 2.28. The lowest BCUT2D eigenvalue weighted by molar-refractivity contribution is 1.27. The topological polar surface area (TPSA) is 38.9 Å². The third-order valence-corrected chi connectivity index (χ3v) is 3.38. The third kappa shape index (κ3) is 2.13. The smallest absolute Gasteiger partial charge is 0.0936 e. The van der Waals surface area contributed by atoms with Gasteiger partial charge in [-0.05, 0) is 55.7 Å². The van der Waals surface area contributed by atoms with Crippen molar-refractivity contribution in [3.05, 3.63) is 46.1 Å². The zero-order valence-electron chi connectivity index (χ0n) is 10.2. The Hall–Kier alpha value is -1.54. The van der Waals surface area contributed by atoms with Gasteiger partial charge in [0, 0.05) is 16.8 Å². The van der Waals surface area contributed by atoms with Gasteiger partial charge in [0.15, 0.2) is 0 Å². The lowest BCUT2D eigenvalue weighted by Crippen LogP contribution is -1.98. The van der Waals surface area contributed by atoms with E-state index in [-0.39, 0.29) is 0 Å². The summed E-state index contributed by atoms with van der Waals surface area (Å²) in [5.74, 6) is 0. The van der Waals surface area contributed by atoms with Gasteiger partial charge in [0.2, 0.25) is 0 Å². The third-order valence-electron chi connectivity index (χ3n) is 2.97. The van der Waals surface area contributed by atoms with E-state index in [1.807, 2.05) is 39.0 Å². The number of benzene rings is 1. The molecular weight excluding hydrogens is 232 g/mol. The predicted molar refractivity (Wildman–Crippen MR) is 73.3 cm³/mol. The van der Waals surface area contributed by atoms with Gasteiger partial charge in [0.25, 0.3) is 0 Å². The molecule has 0 bridgehead atoms. The zero-order chi connectivity index (χ0) is 12.6. The van der Waals surface area contributed by atoms with Crippen LogP contribution in [0.4, 0.5) is 5.69 Å². The van der Waals surface area contributed by atoms with Crippen molar-refractivity contribution >= 4 is 17.3 Å². The molecule has 3 heteroatoms. The van der Waals surface area contributed by atoms with E-state index >= 15 is 0 Å². The zero-order valence-corrected chi connectivity index (χ0v) is 11.0. The maximum Gasteiger partial charge on any atom is 0.0936 e. The van der Waals surface area contributed by atoms with Gasteiger partial charge >= 0.3 is 0 Å². The number of halogens is 1. The molecule has 1 heterocycles. The van der Waals surface area contributed by atoms with Gasteiger partial charge in [-0.15, -0.1) is 0 Å². The molecule has 0 aliphatic rings. The van der Waals surface area contributed by atoms with Crippen LogP contribution >= 0.6 is 11.6 Å². The van der Waals surface area contributed by atoms with Gasteiger partial charge in [0.05, 0.1) is 11.4 Å². The second-order valence-corrected chi connectivity index (χ2v) is 4.71. The minimum Gasteiger partial charge on any atom is -0.397 e. The fourth-order valence-electron chi connectivity index (χ4n) is 1.82. The normalized spacial score (nSPS) is 10.6. The number of nitrogen functional groups attached to an aromatic ring is 1. The second-order valence-electron chi connectivity index (χ2n) is 4.31. The van der Waals surface area contributed by atoms with E-state index in [0.717, 1.165) is 38.7 Å². The molecule has 2 nitrogen and oxygen atoms in total. The van der Waals surface area contributed by atoms with Gasteiger partial charge in [-0.3, -0.25) is 4.98 Å². The Morgan fingerprint density at radius 1 is 1.06 bits per heavy atom. The summed E-state index contributed by atoms with van der Waals surface area (Å²) >= 11 is 6.09. The van der Waals surface area contributed by atoms with Crippen LogP contribution in [0.5, 0.6) is 0 Å². The first kappa shape index (κ1) is 11.9. The lowest BCUT2D eigenvalue weighted by atomic mass is 10.00. The molecule has 2 rings (SSSR count). The van der Waals surface area contributed by atoms with Gasteiger partial charge in [-0.25, -0.2) is 0 Å². The van der Waals surface area contributed by atoms with Crippen LogP contribution in [0.3, 0.4) is 0 Å². The first-order valence-corrected chi connectivity index (χ1v) is 5.86. The Bertz CT molecular complexity index is 577.